The highest BCUT2D eigenvalue weighted by Crippen LogP contribution is 2.28. The lowest BCUT2D eigenvalue weighted by atomic mass is 10.1. The van der Waals surface area contributed by atoms with E-state index in [2.05, 4.69) is 27.7 Å². The predicted octanol–water partition coefficient (Wildman–Crippen LogP) is 4.41. The Kier molecular flexibility index (Phi) is 7.23. The van der Waals surface area contributed by atoms with Crippen LogP contribution in [0.4, 0.5) is 0 Å². The van der Waals surface area contributed by atoms with Gasteiger partial charge < -0.3 is 14.8 Å². The zero-order valence-electron chi connectivity index (χ0n) is 19.6. The molecule has 7 nitrogen and oxygen atoms in total. The van der Waals surface area contributed by atoms with E-state index in [4.69, 9.17) is 14.6 Å². The monoisotopic (exact) mass is 488 g/mol. The highest BCUT2D eigenvalue weighted by molar-refractivity contribution is 7.10. The standard InChI is InChI=1S/C27H28N4O3S/c1-33-22-11-9-20(10-12-22)26-23(19-31(29-26)21-6-3-2-4-7-21)27(32)28-18-24(25-8-5-17-35-25)30-13-15-34-16-14-30/h2-12,17,19,24H,13-16,18H2,1H3,(H,28,32)/t24-/m0/s1. The Bertz CT molecular complexity index is 1230. The molecule has 8 heteroatoms. The Hall–Kier alpha value is -3.46. The lowest BCUT2D eigenvalue weighted by Crippen LogP contribution is -2.43. The first-order valence-electron chi connectivity index (χ1n) is 11.7. The second-order valence-electron chi connectivity index (χ2n) is 8.29. The van der Waals surface area contributed by atoms with E-state index in [1.54, 1.807) is 29.3 Å². The summed E-state index contributed by atoms with van der Waals surface area (Å²) in [6.07, 6.45) is 1.80. The number of para-hydroxylation sites is 1. The fourth-order valence-corrected chi connectivity index (χ4v) is 5.14. The topological polar surface area (TPSA) is 68.6 Å². The van der Waals surface area contributed by atoms with Gasteiger partial charge in [-0.2, -0.15) is 5.10 Å². The van der Waals surface area contributed by atoms with Crippen molar-refractivity contribution in [2.24, 2.45) is 0 Å². The molecular formula is C27H28N4O3S. The summed E-state index contributed by atoms with van der Waals surface area (Å²) in [7, 11) is 1.64. The van der Waals surface area contributed by atoms with Crippen LogP contribution in [0.25, 0.3) is 16.9 Å². The van der Waals surface area contributed by atoms with E-state index in [9.17, 15) is 4.79 Å². The van der Waals surface area contributed by atoms with Gasteiger partial charge in [-0.25, -0.2) is 4.68 Å². The molecule has 1 amide bonds. The number of hydrogen-bond acceptors (Lipinski definition) is 6. The number of amides is 1. The predicted molar refractivity (Wildman–Crippen MR) is 137 cm³/mol. The van der Waals surface area contributed by atoms with Crippen LogP contribution in [0.2, 0.25) is 0 Å². The van der Waals surface area contributed by atoms with Gasteiger partial charge in [0, 0.05) is 36.3 Å². The Morgan fingerprint density at radius 3 is 2.54 bits per heavy atom. The minimum atomic E-state index is -0.146. The number of rotatable bonds is 8. The van der Waals surface area contributed by atoms with Gasteiger partial charge in [-0.1, -0.05) is 24.3 Å². The lowest BCUT2D eigenvalue weighted by molar-refractivity contribution is 0.0169. The number of methoxy groups -OCH3 is 1. The quantitative estimate of drug-likeness (QED) is 0.398. The van der Waals surface area contributed by atoms with Crippen LogP contribution in [0.3, 0.4) is 0 Å². The van der Waals surface area contributed by atoms with Crippen LogP contribution in [-0.4, -0.2) is 60.5 Å². The fourth-order valence-electron chi connectivity index (χ4n) is 4.28. The Labute approximate surface area is 208 Å². The summed E-state index contributed by atoms with van der Waals surface area (Å²) in [5.74, 6) is 0.611. The summed E-state index contributed by atoms with van der Waals surface area (Å²) in [5.41, 5.74) is 2.92. The number of carbonyl (C=O) groups is 1. The molecule has 1 N–H and O–H groups in total. The third kappa shape index (κ3) is 5.30. The summed E-state index contributed by atoms with van der Waals surface area (Å²) in [5, 5.41) is 10.1. The fraction of sp³-hybridized carbons (Fsp3) is 0.259. The van der Waals surface area contributed by atoms with Gasteiger partial charge in [-0.15, -0.1) is 11.3 Å². The Morgan fingerprint density at radius 1 is 1.09 bits per heavy atom. The minimum absolute atomic E-state index is 0.108. The van der Waals surface area contributed by atoms with Gasteiger partial charge in [0.15, 0.2) is 0 Å². The molecule has 35 heavy (non-hydrogen) atoms. The van der Waals surface area contributed by atoms with Crippen molar-refractivity contribution < 1.29 is 14.3 Å². The Balaban J connectivity index is 1.43. The van der Waals surface area contributed by atoms with E-state index in [0.29, 0.717) is 31.0 Å². The van der Waals surface area contributed by atoms with Crippen LogP contribution >= 0.6 is 11.3 Å². The third-order valence-electron chi connectivity index (χ3n) is 6.16. The zero-order chi connectivity index (χ0) is 24.0. The number of aromatic nitrogens is 2. The molecule has 0 aliphatic carbocycles. The first-order chi connectivity index (χ1) is 17.2. The van der Waals surface area contributed by atoms with Crippen LogP contribution in [-0.2, 0) is 4.74 Å². The number of benzene rings is 2. The second-order valence-corrected chi connectivity index (χ2v) is 9.27. The molecule has 0 radical (unpaired) electrons. The summed E-state index contributed by atoms with van der Waals surface area (Å²) in [6.45, 7) is 3.63. The van der Waals surface area contributed by atoms with Gasteiger partial charge >= 0.3 is 0 Å². The van der Waals surface area contributed by atoms with Gasteiger partial charge in [-0.05, 0) is 47.8 Å². The second kappa shape index (κ2) is 10.9. The van der Waals surface area contributed by atoms with Crippen molar-refractivity contribution in [3.63, 3.8) is 0 Å². The summed E-state index contributed by atoms with van der Waals surface area (Å²) < 4.78 is 12.6. The van der Waals surface area contributed by atoms with E-state index >= 15 is 0 Å². The van der Waals surface area contributed by atoms with Crippen LogP contribution < -0.4 is 10.1 Å². The van der Waals surface area contributed by atoms with E-state index in [1.165, 1.54) is 4.88 Å². The molecule has 1 aliphatic rings. The van der Waals surface area contributed by atoms with Crippen LogP contribution in [0.15, 0.2) is 78.3 Å². The first-order valence-corrected chi connectivity index (χ1v) is 12.5. The molecule has 1 saturated heterocycles. The largest absolute Gasteiger partial charge is 0.497 e. The average Bonchev–Trinajstić information content (AvgIpc) is 3.61. The van der Waals surface area contributed by atoms with Gasteiger partial charge in [0.05, 0.1) is 37.6 Å². The van der Waals surface area contributed by atoms with E-state index < -0.39 is 0 Å². The molecule has 2 aromatic carbocycles. The number of carbonyl (C=O) groups excluding carboxylic acids is 1. The number of hydrogen-bond donors (Lipinski definition) is 1. The third-order valence-corrected chi connectivity index (χ3v) is 7.13. The maximum Gasteiger partial charge on any atom is 0.255 e. The van der Waals surface area contributed by atoms with Crippen LogP contribution in [0.1, 0.15) is 21.3 Å². The molecule has 4 aromatic rings. The molecule has 0 unspecified atom stereocenters. The zero-order valence-corrected chi connectivity index (χ0v) is 20.4. The summed E-state index contributed by atoms with van der Waals surface area (Å²) in [6, 6.07) is 21.7. The number of nitrogens with zero attached hydrogens (tertiary/aromatic N) is 3. The molecule has 2 aromatic heterocycles. The number of nitrogens with one attached hydrogen (secondary N) is 1. The lowest BCUT2D eigenvalue weighted by Gasteiger charge is -2.34. The molecule has 1 atom stereocenters. The van der Waals surface area contributed by atoms with Gasteiger partial charge in [0.2, 0.25) is 0 Å². The van der Waals surface area contributed by atoms with Crippen molar-refractivity contribution in [2.75, 3.05) is 40.0 Å². The number of thiophene rings is 1. The van der Waals surface area contributed by atoms with Crippen LogP contribution in [0, 0.1) is 0 Å². The molecule has 3 heterocycles. The SMILES string of the molecule is COc1ccc(-c2nn(-c3ccccc3)cc2C(=O)NC[C@@H](c2cccs2)N2CCOCC2)cc1. The maximum atomic E-state index is 13.5. The van der Waals surface area contributed by atoms with Crippen molar-refractivity contribution in [3.05, 3.63) is 88.7 Å². The molecule has 5 rings (SSSR count). The highest BCUT2D eigenvalue weighted by atomic mass is 32.1. The van der Waals surface area contributed by atoms with Crippen molar-refractivity contribution >= 4 is 17.2 Å². The van der Waals surface area contributed by atoms with Gasteiger partial charge in [0.1, 0.15) is 11.4 Å². The first kappa shape index (κ1) is 23.3. The molecule has 1 aliphatic heterocycles. The van der Waals surface area contributed by atoms with Gasteiger partial charge in [0.25, 0.3) is 5.91 Å². The molecule has 0 bridgehead atoms. The minimum Gasteiger partial charge on any atom is -0.497 e. The summed E-state index contributed by atoms with van der Waals surface area (Å²) >= 11 is 1.71. The van der Waals surface area contributed by atoms with E-state index in [1.807, 2.05) is 54.6 Å². The number of ether oxygens (including phenoxy) is 2. The summed E-state index contributed by atoms with van der Waals surface area (Å²) in [4.78, 5) is 17.2. The molecule has 1 fully saturated rings. The number of morpholine rings is 1. The smallest absolute Gasteiger partial charge is 0.255 e. The van der Waals surface area contributed by atoms with Gasteiger partial charge in [-0.3, -0.25) is 9.69 Å². The Morgan fingerprint density at radius 2 is 1.86 bits per heavy atom. The van der Waals surface area contributed by atoms with E-state index in [-0.39, 0.29) is 11.9 Å². The van der Waals surface area contributed by atoms with Crippen molar-refractivity contribution in [1.82, 2.24) is 20.0 Å². The molecular weight excluding hydrogens is 460 g/mol. The maximum absolute atomic E-state index is 13.5. The molecule has 0 saturated carbocycles. The van der Waals surface area contributed by atoms with Crippen molar-refractivity contribution in [3.8, 4) is 22.7 Å². The normalized spacial score (nSPS) is 15.0. The van der Waals surface area contributed by atoms with Crippen molar-refractivity contribution in [1.29, 1.82) is 0 Å². The van der Waals surface area contributed by atoms with Crippen molar-refractivity contribution in [2.45, 2.75) is 6.04 Å². The molecule has 0 spiro atoms. The van der Waals surface area contributed by atoms with E-state index in [0.717, 1.165) is 30.1 Å². The van der Waals surface area contributed by atoms with Crippen LogP contribution in [0.5, 0.6) is 5.75 Å². The highest BCUT2D eigenvalue weighted by Gasteiger charge is 2.25. The average molecular weight is 489 g/mol. The molecule has 180 valence electrons.